The van der Waals surface area contributed by atoms with Crippen LogP contribution in [0.5, 0.6) is 5.75 Å². The number of carbonyl (C=O) groups is 2. The lowest BCUT2D eigenvalue weighted by molar-refractivity contribution is -0.119. The van der Waals surface area contributed by atoms with Gasteiger partial charge in [0.15, 0.2) is 6.61 Å². The van der Waals surface area contributed by atoms with Gasteiger partial charge in [-0.3, -0.25) is 9.59 Å². The molecule has 21 heavy (non-hydrogen) atoms. The molecule has 1 aromatic carbocycles. The molecule has 0 fully saturated rings. The van der Waals surface area contributed by atoms with Crippen molar-refractivity contribution in [2.24, 2.45) is 16.9 Å². The van der Waals surface area contributed by atoms with Crippen LogP contribution in [0.4, 0.5) is 0 Å². The standard InChI is InChI=1S/C15H23N3O3/c1-15(2,9-16)10-18(3)14(20)11-6-4-5-7-12(11)21-8-13(17)19/h4-7H,8-10,16H2,1-3H3,(H2,17,19). The van der Waals surface area contributed by atoms with Crippen molar-refractivity contribution in [3.8, 4) is 5.75 Å². The summed E-state index contributed by atoms with van der Waals surface area (Å²) in [7, 11) is 1.71. The number of nitrogens with two attached hydrogens (primary N) is 2. The molecule has 6 heteroatoms. The Morgan fingerprint density at radius 3 is 2.48 bits per heavy atom. The second-order valence-corrected chi connectivity index (χ2v) is 5.78. The summed E-state index contributed by atoms with van der Waals surface area (Å²) < 4.78 is 5.28. The largest absolute Gasteiger partial charge is 0.483 e. The van der Waals surface area contributed by atoms with E-state index in [1.54, 1.807) is 36.2 Å². The Balaban J connectivity index is 2.89. The zero-order chi connectivity index (χ0) is 16.0. The van der Waals surface area contributed by atoms with Gasteiger partial charge in [-0.25, -0.2) is 0 Å². The van der Waals surface area contributed by atoms with Crippen molar-refractivity contribution in [1.29, 1.82) is 0 Å². The van der Waals surface area contributed by atoms with E-state index in [9.17, 15) is 9.59 Å². The topological polar surface area (TPSA) is 98.7 Å². The third-order valence-electron chi connectivity index (χ3n) is 3.05. The van der Waals surface area contributed by atoms with Crippen molar-refractivity contribution in [1.82, 2.24) is 4.90 Å². The van der Waals surface area contributed by atoms with Crippen molar-refractivity contribution in [2.45, 2.75) is 13.8 Å². The van der Waals surface area contributed by atoms with Gasteiger partial charge in [0.1, 0.15) is 5.75 Å². The monoisotopic (exact) mass is 293 g/mol. The van der Waals surface area contributed by atoms with Crippen LogP contribution in [0.3, 0.4) is 0 Å². The molecule has 0 heterocycles. The van der Waals surface area contributed by atoms with Crippen molar-refractivity contribution in [3.63, 3.8) is 0 Å². The Labute approximate surface area is 125 Å². The van der Waals surface area contributed by atoms with E-state index >= 15 is 0 Å². The number of carbonyl (C=O) groups excluding carboxylic acids is 2. The Hall–Kier alpha value is -2.08. The van der Waals surface area contributed by atoms with Gasteiger partial charge in [0, 0.05) is 13.6 Å². The average Bonchev–Trinajstić information content (AvgIpc) is 2.44. The Bertz CT molecular complexity index is 515. The van der Waals surface area contributed by atoms with Crippen LogP contribution in [0.1, 0.15) is 24.2 Å². The van der Waals surface area contributed by atoms with E-state index in [1.807, 2.05) is 13.8 Å². The third kappa shape index (κ3) is 5.07. The fraction of sp³-hybridized carbons (Fsp3) is 0.467. The first kappa shape index (κ1) is 17.0. The summed E-state index contributed by atoms with van der Waals surface area (Å²) in [4.78, 5) is 24.9. The van der Waals surface area contributed by atoms with E-state index in [-0.39, 0.29) is 17.9 Å². The molecule has 0 saturated carbocycles. The fourth-order valence-electron chi connectivity index (χ4n) is 1.90. The fourth-order valence-corrected chi connectivity index (χ4v) is 1.90. The zero-order valence-electron chi connectivity index (χ0n) is 12.8. The number of rotatable bonds is 7. The second-order valence-electron chi connectivity index (χ2n) is 5.78. The molecule has 2 amide bonds. The van der Waals surface area contributed by atoms with Crippen LogP contribution in [0.25, 0.3) is 0 Å². The van der Waals surface area contributed by atoms with Crippen molar-refractivity contribution in [2.75, 3.05) is 26.7 Å². The molecule has 0 aliphatic heterocycles. The first-order chi connectivity index (χ1) is 9.76. The number of nitrogens with zero attached hydrogens (tertiary/aromatic N) is 1. The SMILES string of the molecule is CN(CC(C)(C)CN)C(=O)c1ccccc1OCC(N)=O. The van der Waals surface area contributed by atoms with E-state index in [1.165, 1.54) is 0 Å². The van der Waals surface area contributed by atoms with E-state index in [0.29, 0.717) is 24.4 Å². The van der Waals surface area contributed by atoms with E-state index in [0.717, 1.165) is 0 Å². The molecule has 0 aliphatic rings. The molecule has 0 aromatic heterocycles. The van der Waals surface area contributed by atoms with Gasteiger partial charge in [-0.1, -0.05) is 26.0 Å². The van der Waals surface area contributed by atoms with Gasteiger partial charge in [0.05, 0.1) is 5.56 Å². The Kier molecular flexibility index (Phi) is 5.72. The Morgan fingerprint density at radius 1 is 1.29 bits per heavy atom. The first-order valence-corrected chi connectivity index (χ1v) is 6.72. The zero-order valence-corrected chi connectivity index (χ0v) is 12.8. The molecule has 0 radical (unpaired) electrons. The third-order valence-corrected chi connectivity index (χ3v) is 3.05. The van der Waals surface area contributed by atoms with Crippen LogP contribution in [-0.4, -0.2) is 43.5 Å². The molecular weight excluding hydrogens is 270 g/mol. The molecule has 0 unspecified atom stereocenters. The number of primary amides is 1. The van der Waals surface area contributed by atoms with Gasteiger partial charge in [0.2, 0.25) is 0 Å². The van der Waals surface area contributed by atoms with Crippen molar-refractivity contribution in [3.05, 3.63) is 29.8 Å². The van der Waals surface area contributed by atoms with Crippen LogP contribution in [-0.2, 0) is 4.79 Å². The highest BCUT2D eigenvalue weighted by molar-refractivity contribution is 5.96. The highest BCUT2D eigenvalue weighted by Crippen LogP contribution is 2.21. The quantitative estimate of drug-likeness (QED) is 0.769. The lowest BCUT2D eigenvalue weighted by atomic mass is 9.93. The van der Waals surface area contributed by atoms with Gasteiger partial charge >= 0.3 is 0 Å². The summed E-state index contributed by atoms with van der Waals surface area (Å²) in [5, 5.41) is 0. The molecule has 0 bridgehead atoms. The molecule has 116 valence electrons. The van der Waals surface area contributed by atoms with E-state index < -0.39 is 5.91 Å². The summed E-state index contributed by atoms with van der Waals surface area (Å²) in [5.41, 5.74) is 11.0. The highest BCUT2D eigenvalue weighted by Gasteiger charge is 2.23. The maximum absolute atomic E-state index is 12.5. The predicted octanol–water partition coefficient (Wildman–Crippen LogP) is 0.608. The lowest BCUT2D eigenvalue weighted by Gasteiger charge is -2.29. The number of benzene rings is 1. The smallest absolute Gasteiger partial charge is 0.257 e. The molecule has 4 N–H and O–H groups in total. The van der Waals surface area contributed by atoms with Crippen LogP contribution >= 0.6 is 0 Å². The summed E-state index contributed by atoms with van der Waals surface area (Å²) in [6, 6.07) is 6.77. The molecule has 6 nitrogen and oxygen atoms in total. The van der Waals surface area contributed by atoms with Gasteiger partial charge < -0.3 is 21.1 Å². The number of hydrogen-bond acceptors (Lipinski definition) is 4. The van der Waals surface area contributed by atoms with Crippen molar-refractivity contribution >= 4 is 11.8 Å². The predicted molar refractivity (Wildman–Crippen MR) is 80.9 cm³/mol. The van der Waals surface area contributed by atoms with Crippen LogP contribution < -0.4 is 16.2 Å². The molecule has 0 aliphatic carbocycles. The molecule has 1 aromatic rings. The van der Waals surface area contributed by atoms with Gasteiger partial charge in [-0.15, -0.1) is 0 Å². The van der Waals surface area contributed by atoms with Gasteiger partial charge in [0.25, 0.3) is 11.8 Å². The summed E-state index contributed by atoms with van der Waals surface area (Å²) in [6.45, 7) is 4.72. The number of para-hydroxylation sites is 1. The summed E-state index contributed by atoms with van der Waals surface area (Å²) in [6.07, 6.45) is 0. The molecule has 1 rings (SSSR count). The van der Waals surface area contributed by atoms with E-state index in [4.69, 9.17) is 16.2 Å². The maximum Gasteiger partial charge on any atom is 0.257 e. The number of amides is 2. The minimum atomic E-state index is -0.588. The summed E-state index contributed by atoms with van der Waals surface area (Å²) in [5.74, 6) is -0.426. The lowest BCUT2D eigenvalue weighted by Crippen LogP contribution is -2.39. The summed E-state index contributed by atoms with van der Waals surface area (Å²) >= 11 is 0. The highest BCUT2D eigenvalue weighted by atomic mass is 16.5. The molecular formula is C15H23N3O3. The number of hydrogen-bond donors (Lipinski definition) is 2. The molecule has 0 saturated heterocycles. The first-order valence-electron chi connectivity index (χ1n) is 6.72. The normalized spacial score (nSPS) is 11.0. The number of ether oxygens (including phenoxy) is 1. The van der Waals surface area contributed by atoms with Crippen LogP contribution in [0.15, 0.2) is 24.3 Å². The van der Waals surface area contributed by atoms with Crippen LogP contribution in [0, 0.1) is 5.41 Å². The molecule has 0 spiro atoms. The van der Waals surface area contributed by atoms with Gasteiger partial charge in [-0.05, 0) is 24.1 Å². The maximum atomic E-state index is 12.5. The van der Waals surface area contributed by atoms with E-state index in [2.05, 4.69) is 0 Å². The minimum absolute atomic E-state index is 0.173. The minimum Gasteiger partial charge on any atom is -0.483 e. The van der Waals surface area contributed by atoms with Crippen molar-refractivity contribution < 1.29 is 14.3 Å². The van der Waals surface area contributed by atoms with Gasteiger partial charge in [-0.2, -0.15) is 0 Å². The Morgan fingerprint density at radius 2 is 1.90 bits per heavy atom. The van der Waals surface area contributed by atoms with Crippen LogP contribution in [0.2, 0.25) is 0 Å². The molecule has 0 atom stereocenters. The second kappa shape index (κ2) is 7.08. The average molecular weight is 293 g/mol.